The monoisotopic (exact) mass is 251 g/mol. The summed E-state index contributed by atoms with van der Waals surface area (Å²) in [5, 5.41) is 11.9. The highest BCUT2D eigenvalue weighted by Crippen LogP contribution is 2.38. The summed E-state index contributed by atoms with van der Waals surface area (Å²) in [5.74, 6) is 0. The third-order valence-corrected chi connectivity index (χ3v) is 3.72. The Hall–Kier alpha value is -2.26. The number of nitrogens with zero attached hydrogens (tertiary/aromatic N) is 1. The van der Waals surface area contributed by atoms with Crippen LogP contribution >= 0.6 is 0 Å². The van der Waals surface area contributed by atoms with Crippen molar-refractivity contribution >= 4 is 0 Å². The molecular formula is C16H13NO2. The zero-order valence-corrected chi connectivity index (χ0v) is 10.2. The molecule has 0 saturated heterocycles. The van der Waals surface area contributed by atoms with Crippen LogP contribution in [0.2, 0.25) is 0 Å². The molecule has 0 fully saturated rings. The average Bonchev–Trinajstić information content (AvgIpc) is 2.47. The fourth-order valence-corrected chi connectivity index (χ4v) is 2.81. The second-order valence-electron chi connectivity index (χ2n) is 4.86. The van der Waals surface area contributed by atoms with Crippen molar-refractivity contribution in [1.29, 1.82) is 0 Å². The molecule has 3 nitrogen and oxygen atoms in total. The lowest BCUT2D eigenvalue weighted by Gasteiger charge is -2.38. The van der Waals surface area contributed by atoms with E-state index in [0.29, 0.717) is 0 Å². The second-order valence-corrected chi connectivity index (χ2v) is 4.86. The minimum atomic E-state index is -0.109. The van der Waals surface area contributed by atoms with Crippen molar-refractivity contribution in [2.45, 2.75) is 12.1 Å². The molecule has 0 spiro atoms. The van der Waals surface area contributed by atoms with Gasteiger partial charge in [-0.2, -0.15) is 0 Å². The van der Waals surface area contributed by atoms with Crippen LogP contribution in [0.15, 0.2) is 83.4 Å². The molecule has 0 bridgehead atoms. The van der Waals surface area contributed by atoms with Gasteiger partial charge in [0.15, 0.2) is 0 Å². The van der Waals surface area contributed by atoms with Crippen molar-refractivity contribution in [2.24, 2.45) is 0 Å². The number of hydrogen-bond acceptors (Lipinski definition) is 3. The van der Waals surface area contributed by atoms with Crippen LogP contribution in [0, 0.1) is 0 Å². The minimum Gasteiger partial charge on any atom is -0.488 e. The van der Waals surface area contributed by atoms with Crippen molar-refractivity contribution in [1.82, 2.24) is 5.06 Å². The molecule has 0 saturated carbocycles. The van der Waals surface area contributed by atoms with Crippen molar-refractivity contribution in [3.63, 3.8) is 0 Å². The molecule has 2 atom stereocenters. The Balaban J connectivity index is 1.89. The van der Waals surface area contributed by atoms with Crippen LogP contribution in [-0.2, 0) is 4.74 Å². The molecule has 4 aliphatic rings. The smallest absolute Gasteiger partial charge is 0.143 e. The first-order chi connectivity index (χ1) is 9.34. The van der Waals surface area contributed by atoms with Gasteiger partial charge >= 0.3 is 0 Å². The van der Waals surface area contributed by atoms with Crippen LogP contribution in [-0.4, -0.2) is 22.4 Å². The van der Waals surface area contributed by atoms with Crippen molar-refractivity contribution in [2.75, 3.05) is 0 Å². The Kier molecular flexibility index (Phi) is 2.17. The van der Waals surface area contributed by atoms with E-state index in [1.165, 1.54) is 5.06 Å². The maximum absolute atomic E-state index is 10.5. The average molecular weight is 251 g/mol. The molecule has 0 radical (unpaired) electrons. The summed E-state index contributed by atoms with van der Waals surface area (Å²) in [6, 6.07) is -0.109. The Labute approximate surface area is 111 Å². The minimum absolute atomic E-state index is 0.100. The summed E-state index contributed by atoms with van der Waals surface area (Å²) < 4.78 is 5.70. The summed E-state index contributed by atoms with van der Waals surface area (Å²) in [7, 11) is 0. The quantitative estimate of drug-likeness (QED) is 0.718. The molecular weight excluding hydrogens is 238 g/mol. The lowest BCUT2D eigenvalue weighted by atomic mass is 9.88. The summed E-state index contributed by atoms with van der Waals surface area (Å²) in [5.41, 5.74) is 3.82. The van der Waals surface area contributed by atoms with Crippen LogP contribution in [0.25, 0.3) is 0 Å². The van der Waals surface area contributed by atoms with Gasteiger partial charge in [0.25, 0.3) is 0 Å². The van der Waals surface area contributed by atoms with Crippen LogP contribution in [0.1, 0.15) is 0 Å². The SMILES string of the molecule is ON1C2=C3C=CC=CC3OC=C2C=C2C=CC=CC21. The third kappa shape index (κ3) is 1.48. The Morgan fingerprint density at radius 1 is 1.05 bits per heavy atom. The summed E-state index contributed by atoms with van der Waals surface area (Å²) in [6.07, 6.45) is 19.5. The van der Waals surface area contributed by atoms with E-state index in [2.05, 4.69) is 6.08 Å². The van der Waals surface area contributed by atoms with E-state index in [-0.39, 0.29) is 12.1 Å². The first-order valence-electron chi connectivity index (χ1n) is 6.34. The van der Waals surface area contributed by atoms with Gasteiger partial charge in [-0.15, -0.1) is 0 Å². The van der Waals surface area contributed by atoms with E-state index in [4.69, 9.17) is 4.74 Å². The Morgan fingerprint density at radius 2 is 1.89 bits per heavy atom. The van der Waals surface area contributed by atoms with E-state index < -0.39 is 0 Å². The molecule has 4 rings (SSSR count). The normalized spacial score (nSPS) is 30.3. The fourth-order valence-electron chi connectivity index (χ4n) is 2.81. The van der Waals surface area contributed by atoms with Gasteiger partial charge in [-0.1, -0.05) is 42.5 Å². The first kappa shape index (κ1) is 10.6. The second kappa shape index (κ2) is 3.87. The van der Waals surface area contributed by atoms with Gasteiger partial charge in [-0.3, -0.25) is 5.21 Å². The molecule has 0 amide bonds. The van der Waals surface area contributed by atoms with Crippen LogP contribution in [0.5, 0.6) is 0 Å². The summed E-state index contributed by atoms with van der Waals surface area (Å²) in [4.78, 5) is 0. The van der Waals surface area contributed by atoms with E-state index in [1.54, 1.807) is 6.26 Å². The number of rotatable bonds is 0. The van der Waals surface area contributed by atoms with Crippen LogP contribution in [0.3, 0.4) is 0 Å². The lowest BCUT2D eigenvalue weighted by Crippen LogP contribution is -2.39. The lowest BCUT2D eigenvalue weighted by molar-refractivity contribution is -0.0705. The highest BCUT2D eigenvalue weighted by atomic mass is 16.5. The molecule has 94 valence electrons. The molecule has 2 heterocycles. The van der Waals surface area contributed by atoms with Crippen molar-refractivity contribution < 1.29 is 9.94 Å². The van der Waals surface area contributed by atoms with Gasteiger partial charge < -0.3 is 4.74 Å². The molecule has 2 aliphatic carbocycles. The van der Waals surface area contributed by atoms with Crippen LogP contribution in [0.4, 0.5) is 0 Å². The van der Waals surface area contributed by atoms with Gasteiger partial charge in [0.1, 0.15) is 6.10 Å². The fraction of sp³-hybridized carbons (Fsp3) is 0.125. The third-order valence-electron chi connectivity index (χ3n) is 3.72. The standard InChI is InChI=1S/C16H13NO2/c18-17-14-7-3-1-5-11(14)9-12-10-19-15-8-4-2-6-13(15)16(12)17/h1-10,14-15,18H. The largest absolute Gasteiger partial charge is 0.488 e. The number of fused-ring (bicyclic) bond motifs is 3. The van der Waals surface area contributed by atoms with Gasteiger partial charge in [-0.05, 0) is 17.7 Å². The maximum Gasteiger partial charge on any atom is 0.143 e. The number of ether oxygens (including phenoxy) is 1. The number of allylic oxidation sites excluding steroid dienone is 5. The highest BCUT2D eigenvalue weighted by molar-refractivity contribution is 5.57. The molecule has 2 unspecified atom stereocenters. The highest BCUT2D eigenvalue weighted by Gasteiger charge is 2.34. The molecule has 0 aromatic heterocycles. The Bertz CT molecular complexity index is 644. The van der Waals surface area contributed by atoms with Gasteiger partial charge in [0, 0.05) is 11.1 Å². The Morgan fingerprint density at radius 3 is 2.84 bits per heavy atom. The zero-order valence-electron chi connectivity index (χ0n) is 10.2. The van der Waals surface area contributed by atoms with E-state index in [9.17, 15) is 5.21 Å². The molecule has 0 aromatic carbocycles. The molecule has 3 heteroatoms. The molecule has 0 aromatic rings. The van der Waals surface area contributed by atoms with Crippen LogP contribution < -0.4 is 0 Å². The van der Waals surface area contributed by atoms with E-state index in [1.807, 2.05) is 48.6 Å². The number of hydroxylamine groups is 2. The molecule has 19 heavy (non-hydrogen) atoms. The van der Waals surface area contributed by atoms with Gasteiger partial charge in [-0.25, -0.2) is 5.06 Å². The molecule has 2 aliphatic heterocycles. The molecule has 1 N–H and O–H groups in total. The first-order valence-corrected chi connectivity index (χ1v) is 6.34. The zero-order chi connectivity index (χ0) is 12.8. The van der Waals surface area contributed by atoms with Crippen molar-refractivity contribution in [3.05, 3.63) is 83.4 Å². The van der Waals surface area contributed by atoms with Gasteiger partial charge in [0.05, 0.1) is 18.0 Å². The van der Waals surface area contributed by atoms with E-state index in [0.717, 1.165) is 22.4 Å². The van der Waals surface area contributed by atoms with E-state index >= 15 is 0 Å². The summed E-state index contributed by atoms with van der Waals surface area (Å²) in [6.45, 7) is 0. The van der Waals surface area contributed by atoms with Gasteiger partial charge in [0.2, 0.25) is 0 Å². The van der Waals surface area contributed by atoms with Crippen molar-refractivity contribution in [3.8, 4) is 0 Å². The number of hydrogen-bond donors (Lipinski definition) is 1. The predicted molar refractivity (Wildman–Crippen MR) is 72.0 cm³/mol. The topological polar surface area (TPSA) is 32.7 Å². The summed E-state index contributed by atoms with van der Waals surface area (Å²) >= 11 is 0. The maximum atomic E-state index is 10.5. The predicted octanol–water partition coefficient (Wildman–Crippen LogP) is 2.78.